The number of nitrogens with one attached hydrogen (secondary N) is 1. The van der Waals surface area contributed by atoms with Crippen molar-refractivity contribution in [3.8, 4) is 11.5 Å². The molecule has 1 aromatic carbocycles. The van der Waals surface area contributed by atoms with Gasteiger partial charge in [-0.3, -0.25) is 4.79 Å². The van der Waals surface area contributed by atoms with Gasteiger partial charge in [0, 0.05) is 11.0 Å². The molecule has 1 heterocycles. The molecule has 0 saturated heterocycles. The van der Waals surface area contributed by atoms with Gasteiger partial charge in [-0.25, -0.2) is 4.79 Å². The quantitative estimate of drug-likeness (QED) is 0.509. The minimum absolute atomic E-state index is 0.305. The molecule has 0 radical (unpaired) electrons. The summed E-state index contributed by atoms with van der Waals surface area (Å²) in [6.45, 7) is 2.19. The molecule has 0 saturated carbocycles. The summed E-state index contributed by atoms with van der Waals surface area (Å²) in [5.74, 6) is 1.12. The summed E-state index contributed by atoms with van der Waals surface area (Å²) >= 11 is 1.48. The van der Waals surface area contributed by atoms with Gasteiger partial charge in [-0.2, -0.15) is 0 Å². The number of amides is 1. The van der Waals surface area contributed by atoms with Crippen LogP contribution in [0.3, 0.4) is 0 Å². The van der Waals surface area contributed by atoms with E-state index >= 15 is 0 Å². The highest BCUT2D eigenvalue weighted by Gasteiger charge is 2.29. The highest BCUT2D eigenvalue weighted by Crippen LogP contribution is 2.40. The average molecular weight is 430 g/mol. The lowest BCUT2D eigenvalue weighted by Gasteiger charge is -2.20. The lowest BCUT2D eigenvalue weighted by molar-refractivity contribution is -0.111. The number of esters is 1. The van der Waals surface area contributed by atoms with E-state index in [4.69, 9.17) is 14.2 Å². The lowest BCUT2D eigenvalue weighted by atomic mass is 9.86. The molecule has 1 atom stereocenters. The lowest BCUT2D eigenvalue weighted by Crippen LogP contribution is -2.15. The molecule has 3 rings (SSSR count). The first kappa shape index (κ1) is 21.9. The molecule has 0 bridgehead atoms. The van der Waals surface area contributed by atoms with Gasteiger partial charge < -0.3 is 19.5 Å². The van der Waals surface area contributed by atoms with E-state index in [0.29, 0.717) is 28.0 Å². The summed E-state index contributed by atoms with van der Waals surface area (Å²) in [5, 5.41) is 3.43. The van der Waals surface area contributed by atoms with Gasteiger partial charge in [-0.05, 0) is 54.5 Å². The van der Waals surface area contributed by atoms with Crippen LogP contribution in [0.4, 0.5) is 5.00 Å². The van der Waals surface area contributed by atoms with Gasteiger partial charge in [-0.1, -0.05) is 19.4 Å². The molecule has 1 N–H and O–H groups in total. The third-order valence-electron chi connectivity index (χ3n) is 5.41. The number of fused-ring (bicyclic) bond motifs is 1. The highest BCUT2D eigenvalue weighted by molar-refractivity contribution is 7.17. The van der Waals surface area contributed by atoms with Crippen LogP contribution in [0.15, 0.2) is 24.3 Å². The smallest absolute Gasteiger partial charge is 0.341 e. The zero-order chi connectivity index (χ0) is 21.7. The molecule has 30 heavy (non-hydrogen) atoms. The van der Waals surface area contributed by atoms with Crippen molar-refractivity contribution in [2.45, 2.75) is 32.6 Å². The van der Waals surface area contributed by atoms with Crippen molar-refractivity contribution < 1.29 is 23.8 Å². The summed E-state index contributed by atoms with van der Waals surface area (Å²) in [4.78, 5) is 26.1. The van der Waals surface area contributed by atoms with Crippen molar-refractivity contribution >= 4 is 34.3 Å². The predicted octanol–water partition coefficient (Wildman–Crippen LogP) is 4.72. The first-order chi connectivity index (χ1) is 14.5. The van der Waals surface area contributed by atoms with Gasteiger partial charge in [0.15, 0.2) is 11.5 Å². The van der Waals surface area contributed by atoms with E-state index in [2.05, 4.69) is 12.2 Å². The van der Waals surface area contributed by atoms with Crippen LogP contribution in [0.25, 0.3) is 6.08 Å². The second kappa shape index (κ2) is 9.80. The Hall–Kier alpha value is -2.80. The third kappa shape index (κ3) is 4.67. The monoisotopic (exact) mass is 429 g/mol. The molecule has 7 heteroatoms. The molecule has 1 aliphatic rings. The van der Waals surface area contributed by atoms with E-state index in [-0.39, 0.29) is 5.91 Å². The van der Waals surface area contributed by atoms with E-state index in [1.165, 1.54) is 29.4 Å². The van der Waals surface area contributed by atoms with Crippen molar-refractivity contribution in [3.05, 3.63) is 45.8 Å². The second-order valence-corrected chi connectivity index (χ2v) is 8.26. The number of benzene rings is 1. The van der Waals surface area contributed by atoms with Crippen LogP contribution in [-0.2, 0) is 22.4 Å². The molecule has 0 unspecified atom stereocenters. The van der Waals surface area contributed by atoms with E-state index in [0.717, 1.165) is 36.8 Å². The van der Waals surface area contributed by atoms with Gasteiger partial charge in [-0.15, -0.1) is 11.3 Å². The van der Waals surface area contributed by atoms with Crippen LogP contribution >= 0.6 is 11.3 Å². The summed E-state index contributed by atoms with van der Waals surface area (Å²) in [7, 11) is 4.50. The Labute approximate surface area is 180 Å². The van der Waals surface area contributed by atoms with Crippen molar-refractivity contribution in [2.24, 2.45) is 5.92 Å². The van der Waals surface area contributed by atoms with Crippen molar-refractivity contribution in [3.63, 3.8) is 0 Å². The molecule has 6 nitrogen and oxygen atoms in total. The Bertz CT molecular complexity index is 963. The zero-order valence-corrected chi connectivity index (χ0v) is 18.6. The molecule has 0 spiro atoms. The summed E-state index contributed by atoms with van der Waals surface area (Å²) in [6, 6.07) is 5.40. The minimum atomic E-state index is -0.401. The van der Waals surface area contributed by atoms with Crippen LogP contribution in [0.1, 0.15) is 46.1 Å². The maximum Gasteiger partial charge on any atom is 0.341 e. The highest BCUT2D eigenvalue weighted by atomic mass is 32.1. The van der Waals surface area contributed by atoms with Gasteiger partial charge >= 0.3 is 5.97 Å². The minimum Gasteiger partial charge on any atom is -0.493 e. The zero-order valence-electron chi connectivity index (χ0n) is 17.7. The van der Waals surface area contributed by atoms with E-state index in [1.807, 2.05) is 6.07 Å². The van der Waals surface area contributed by atoms with Crippen LogP contribution in [0, 0.1) is 5.92 Å². The molecule has 1 aromatic heterocycles. The number of methoxy groups -OCH3 is 3. The van der Waals surface area contributed by atoms with Gasteiger partial charge in [0.05, 0.1) is 26.9 Å². The van der Waals surface area contributed by atoms with Gasteiger partial charge in [0.1, 0.15) is 5.00 Å². The Balaban J connectivity index is 1.80. The number of anilines is 1. The van der Waals surface area contributed by atoms with Gasteiger partial charge in [0.25, 0.3) is 0 Å². The fourth-order valence-electron chi connectivity index (χ4n) is 3.69. The molecule has 1 amide bonds. The first-order valence-corrected chi connectivity index (χ1v) is 10.8. The van der Waals surface area contributed by atoms with Crippen molar-refractivity contribution in [1.82, 2.24) is 0 Å². The number of hydrogen-bond donors (Lipinski definition) is 1. The van der Waals surface area contributed by atoms with Crippen LogP contribution in [-0.4, -0.2) is 33.2 Å². The number of ether oxygens (including phenoxy) is 3. The number of rotatable bonds is 7. The fourth-order valence-corrected chi connectivity index (χ4v) is 5.04. The Morgan fingerprint density at radius 2 is 1.97 bits per heavy atom. The fraction of sp³-hybridized carbons (Fsp3) is 0.391. The van der Waals surface area contributed by atoms with E-state index < -0.39 is 5.97 Å². The summed E-state index contributed by atoms with van der Waals surface area (Å²) < 4.78 is 15.5. The third-order valence-corrected chi connectivity index (χ3v) is 6.58. The molecule has 160 valence electrons. The number of hydrogen-bond acceptors (Lipinski definition) is 6. The molecule has 1 aliphatic carbocycles. The normalized spacial score (nSPS) is 15.5. The molecule has 2 aromatic rings. The summed E-state index contributed by atoms with van der Waals surface area (Å²) in [5.41, 5.74) is 2.32. The maximum atomic E-state index is 12.6. The molecular weight excluding hydrogens is 402 g/mol. The number of thiophene rings is 1. The Kier molecular flexibility index (Phi) is 7.15. The predicted molar refractivity (Wildman–Crippen MR) is 119 cm³/mol. The van der Waals surface area contributed by atoms with Gasteiger partial charge in [0.2, 0.25) is 5.91 Å². The summed E-state index contributed by atoms with van der Waals surface area (Å²) in [6.07, 6.45) is 7.08. The van der Waals surface area contributed by atoms with Crippen LogP contribution < -0.4 is 14.8 Å². The van der Waals surface area contributed by atoms with E-state index in [9.17, 15) is 9.59 Å². The Morgan fingerprint density at radius 1 is 1.20 bits per heavy atom. The van der Waals surface area contributed by atoms with Crippen molar-refractivity contribution in [1.29, 1.82) is 0 Å². The maximum absolute atomic E-state index is 12.6. The topological polar surface area (TPSA) is 73.9 Å². The Morgan fingerprint density at radius 3 is 2.63 bits per heavy atom. The number of carbonyl (C=O) groups excluding carboxylic acids is 2. The standard InChI is InChI=1S/C23H27NO5S/c1-5-14-6-9-16-19(13-14)30-22(21(16)23(26)29-4)24-20(25)11-8-15-7-10-17(27-2)18(12-15)28-3/h7-8,10-12,14H,5-6,9,13H2,1-4H3,(H,24,25)/b11-8-/t14-/m1/s1. The van der Waals surface area contributed by atoms with Crippen molar-refractivity contribution in [2.75, 3.05) is 26.6 Å². The number of carbonyl (C=O) groups is 2. The average Bonchev–Trinajstić information content (AvgIpc) is 3.13. The molecular formula is C23H27NO5S. The molecule has 0 fully saturated rings. The van der Waals surface area contributed by atoms with E-state index in [1.54, 1.807) is 32.4 Å². The SMILES string of the molecule is CC[C@@H]1CCc2c(sc(NC(=O)/C=C\c3ccc(OC)c(OC)c3)c2C(=O)OC)C1. The van der Waals surface area contributed by atoms with Crippen LogP contribution in [0.5, 0.6) is 11.5 Å². The largest absolute Gasteiger partial charge is 0.493 e. The second-order valence-electron chi connectivity index (χ2n) is 7.15. The van der Waals surface area contributed by atoms with Crippen LogP contribution in [0.2, 0.25) is 0 Å². The molecule has 0 aliphatic heterocycles. The first-order valence-electron chi connectivity index (χ1n) is 9.94.